The van der Waals surface area contributed by atoms with Crippen molar-refractivity contribution in [3.63, 3.8) is 0 Å². The average molecular weight is 492 g/mol. The second-order valence-corrected chi connectivity index (χ2v) is 10.6. The Kier molecular flexibility index (Phi) is 6.10. The number of carboxylic acid groups (broad SMARTS) is 1. The van der Waals surface area contributed by atoms with Crippen LogP contribution in [0.4, 0.5) is 13.2 Å². The van der Waals surface area contributed by atoms with Crippen LogP contribution < -0.4 is 4.74 Å². The first-order valence-corrected chi connectivity index (χ1v) is 12.4. The summed E-state index contributed by atoms with van der Waals surface area (Å²) in [6, 6.07) is 6.20. The summed E-state index contributed by atoms with van der Waals surface area (Å²) in [5.41, 5.74) is 1.25. The highest BCUT2D eigenvalue weighted by molar-refractivity contribution is 5.71. The van der Waals surface area contributed by atoms with Gasteiger partial charge in [-0.1, -0.05) is 19.1 Å². The summed E-state index contributed by atoms with van der Waals surface area (Å²) in [5.74, 6) is 0.0246. The summed E-state index contributed by atoms with van der Waals surface area (Å²) < 4.78 is 47.8. The molecule has 0 bridgehead atoms. The molecule has 1 spiro atoms. The number of carbonyl (C=O) groups is 1. The first-order valence-electron chi connectivity index (χ1n) is 12.4. The van der Waals surface area contributed by atoms with Gasteiger partial charge in [-0.05, 0) is 67.6 Å². The van der Waals surface area contributed by atoms with Gasteiger partial charge in [-0.2, -0.15) is 18.3 Å². The summed E-state index contributed by atoms with van der Waals surface area (Å²) in [7, 11) is 1.51. The number of aryl methyl sites for hydroxylation is 2. The summed E-state index contributed by atoms with van der Waals surface area (Å²) in [5, 5.41) is 13.2. The van der Waals surface area contributed by atoms with Crippen LogP contribution in [0, 0.1) is 11.8 Å². The van der Waals surface area contributed by atoms with Crippen molar-refractivity contribution in [1.82, 2.24) is 14.7 Å². The second-order valence-electron chi connectivity index (χ2n) is 10.6. The van der Waals surface area contributed by atoms with E-state index in [4.69, 9.17) is 4.74 Å². The maximum Gasteiger partial charge on any atom is 0.435 e. The van der Waals surface area contributed by atoms with Crippen LogP contribution >= 0.6 is 0 Å². The molecule has 6 nitrogen and oxygen atoms in total. The number of piperidine rings is 1. The van der Waals surface area contributed by atoms with Crippen LogP contribution in [0.25, 0.3) is 0 Å². The third-order valence-corrected chi connectivity index (χ3v) is 8.04. The summed E-state index contributed by atoms with van der Waals surface area (Å²) in [6.45, 7) is 3.31. The molecule has 0 radical (unpaired) electrons. The third-order valence-electron chi connectivity index (χ3n) is 8.04. The van der Waals surface area contributed by atoms with E-state index in [1.165, 1.54) is 17.9 Å². The molecular formula is C26H32F3N3O3. The zero-order chi connectivity index (χ0) is 25.0. The number of aliphatic carboxylic acids is 1. The Hall–Kier alpha value is -2.55. The van der Waals surface area contributed by atoms with Gasteiger partial charge < -0.3 is 9.84 Å². The van der Waals surface area contributed by atoms with Crippen molar-refractivity contribution >= 4 is 5.97 Å². The smallest absolute Gasteiger partial charge is 0.435 e. The highest BCUT2D eigenvalue weighted by Crippen LogP contribution is 2.49. The van der Waals surface area contributed by atoms with Crippen molar-refractivity contribution in [1.29, 1.82) is 0 Å². The van der Waals surface area contributed by atoms with Gasteiger partial charge >= 0.3 is 12.1 Å². The Morgan fingerprint density at radius 1 is 1.26 bits per heavy atom. The summed E-state index contributed by atoms with van der Waals surface area (Å²) >= 11 is 0. The van der Waals surface area contributed by atoms with Crippen molar-refractivity contribution in [3.8, 4) is 5.75 Å². The molecule has 3 aliphatic rings. The number of hydrogen-bond donors (Lipinski definition) is 1. The first-order chi connectivity index (χ1) is 16.5. The lowest BCUT2D eigenvalue weighted by molar-refractivity contribution is -0.143. The number of benzene rings is 1. The summed E-state index contributed by atoms with van der Waals surface area (Å²) in [4.78, 5) is 13.8. The van der Waals surface area contributed by atoms with E-state index < -0.39 is 23.8 Å². The normalized spacial score (nSPS) is 21.9. The number of halogens is 3. The predicted octanol–water partition coefficient (Wildman–Crippen LogP) is 5.01. The fraction of sp³-hybridized carbons (Fsp3) is 0.615. The number of aromatic nitrogens is 2. The average Bonchev–Trinajstić information content (AvgIpc) is 3.55. The number of ether oxygens (including phenoxy) is 1. The molecule has 190 valence electrons. The van der Waals surface area contributed by atoms with Gasteiger partial charge in [-0.3, -0.25) is 14.4 Å². The van der Waals surface area contributed by atoms with E-state index >= 15 is 0 Å². The minimum atomic E-state index is -4.46. The largest absolute Gasteiger partial charge is 0.487 e. The Labute approximate surface area is 203 Å². The van der Waals surface area contributed by atoms with E-state index in [1.807, 2.05) is 4.90 Å². The van der Waals surface area contributed by atoms with Gasteiger partial charge in [0.1, 0.15) is 11.4 Å². The molecule has 2 fully saturated rings. The molecule has 1 N–H and O–H groups in total. The van der Waals surface area contributed by atoms with E-state index in [-0.39, 0.29) is 23.6 Å². The number of fused-ring (bicyclic) bond motifs is 1. The van der Waals surface area contributed by atoms with Gasteiger partial charge in [0.15, 0.2) is 5.69 Å². The molecule has 1 saturated carbocycles. The molecular weight excluding hydrogens is 459 g/mol. The Balaban J connectivity index is 1.28. The number of alkyl halides is 3. The van der Waals surface area contributed by atoms with Gasteiger partial charge in [0.25, 0.3) is 0 Å². The van der Waals surface area contributed by atoms with Crippen molar-refractivity contribution in [2.24, 2.45) is 18.9 Å². The zero-order valence-electron chi connectivity index (χ0n) is 20.1. The molecule has 2 aromatic rings. The van der Waals surface area contributed by atoms with E-state index in [1.54, 1.807) is 6.92 Å². The number of nitrogens with zero attached hydrogens (tertiary/aromatic N) is 3. The molecule has 0 amide bonds. The van der Waals surface area contributed by atoms with Crippen LogP contribution in [0.5, 0.6) is 5.75 Å². The van der Waals surface area contributed by atoms with Crippen LogP contribution in [-0.4, -0.2) is 44.4 Å². The molecule has 9 heteroatoms. The topological polar surface area (TPSA) is 67.6 Å². The first kappa shape index (κ1) is 24.2. The summed E-state index contributed by atoms with van der Waals surface area (Å²) in [6.07, 6.45) is 2.38. The van der Waals surface area contributed by atoms with E-state index in [0.717, 1.165) is 55.4 Å². The fourth-order valence-electron chi connectivity index (χ4n) is 5.91. The third kappa shape index (κ3) is 4.92. The van der Waals surface area contributed by atoms with Crippen LogP contribution in [0.3, 0.4) is 0 Å². The van der Waals surface area contributed by atoms with Crippen molar-refractivity contribution < 1.29 is 27.8 Å². The second kappa shape index (κ2) is 8.84. The highest BCUT2D eigenvalue weighted by atomic mass is 19.4. The van der Waals surface area contributed by atoms with Crippen LogP contribution in [-0.2, 0) is 31.0 Å². The number of carboxylic acids is 1. The fourth-order valence-corrected chi connectivity index (χ4v) is 5.91. The Morgan fingerprint density at radius 2 is 1.97 bits per heavy atom. The van der Waals surface area contributed by atoms with E-state index in [0.29, 0.717) is 19.0 Å². The predicted molar refractivity (Wildman–Crippen MR) is 123 cm³/mol. The SMILES string of the molecule is C[C@H](C(=O)O)C(c1ccc2c(c1)OC1(CC2)CCN(Cc2cn(C)nc2C(F)(F)F)CC1)C1CC1. The van der Waals surface area contributed by atoms with Gasteiger partial charge in [0, 0.05) is 38.4 Å². The molecule has 2 aliphatic heterocycles. The molecule has 3 heterocycles. The monoisotopic (exact) mass is 491 g/mol. The van der Waals surface area contributed by atoms with Gasteiger partial charge in [-0.15, -0.1) is 0 Å². The Morgan fingerprint density at radius 3 is 2.60 bits per heavy atom. The van der Waals surface area contributed by atoms with Crippen LogP contribution in [0.2, 0.25) is 0 Å². The number of hydrogen-bond acceptors (Lipinski definition) is 4. The van der Waals surface area contributed by atoms with Crippen molar-refractivity contribution in [2.45, 2.75) is 69.7 Å². The van der Waals surface area contributed by atoms with Gasteiger partial charge in [0.2, 0.25) is 0 Å². The van der Waals surface area contributed by atoms with E-state index in [2.05, 4.69) is 23.3 Å². The van der Waals surface area contributed by atoms with Gasteiger partial charge in [0.05, 0.1) is 5.92 Å². The molecule has 1 aliphatic carbocycles. The maximum atomic E-state index is 13.3. The number of rotatable bonds is 6. The lowest BCUT2D eigenvalue weighted by Gasteiger charge is -2.45. The standard InChI is InChI=1S/C26H32F3N3O3/c1-16(24(33)34)22(18-4-5-18)19-6-3-17-7-8-25(35-21(17)13-19)9-11-32(12-10-25)15-20-14-31(2)30-23(20)26(27,28)29/h3,6,13-14,16,18,22H,4-5,7-12,15H2,1-2H3,(H,33,34)/t16-,22?/m0/s1. The highest BCUT2D eigenvalue weighted by Gasteiger charge is 2.43. The molecule has 2 atom stereocenters. The van der Waals surface area contributed by atoms with Gasteiger partial charge in [-0.25, -0.2) is 0 Å². The van der Waals surface area contributed by atoms with Crippen LogP contribution in [0.1, 0.15) is 67.3 Å². The quantitative estimate of drug-likeness (QED) is 0.615. The van der Waals surface area contributed by atoms with Crippen molar-refractivity contribution in [2.75, 3.05) is 13.1 Å². The molecule has 5 rings (SSSR count). The van der Waals surface area contributed by atoms with Crippen LogP contribution in [0.15, 0.2) is 24.4 Å². The molecule has 1 saturated heterocycles. The number of likely N-dealkylation sites (tertiary alicyclic amines) is 1. The minimum absolute atomic E-state index is 0.0107. The Bertz CT molecular complexity index is 1100. The molecule has 1 unspecified atom stereocenters. The maximum absolute atomic E-state index is 13.3. The minimum Gasteiger partial charge on any atom is -0.487 e. The molecule has 1 aromatic carbocycles. The van der Waals surface area contributed by atoms with Crippen molar-refractivity contribution in [3.05, 3.63) is 46.8 Å². The lowest BCUT2D eigenvalue weighted by Crippen LogP contribution is -2.49. The molecule has 1 aromatic heterocycles. The lowest BCUT2D eigenvalue weighted by atomic mass is 9.80. The molecule has 35 heavy (non-hydrogen) atoms. The zero-order valence-corrected chi connectivity index (χ0v) is 20.1. The van der Waals surface area contributed by atoms with E-state index in [9.17, 15) is 23.1 Å².